The predicted octanol–water partition coefficient (Wildman–Crippen LogP) is 4.81. The van der Waals surface area contributed by atoms with Crippen molar-refractivity contribution in [2.45, 2.75) is 58.8 Å². The zero-order valence-electron chi connectivity index (χ0n) is 14.6. The van der Waals surface area contributed by atoms with Crippen molar-refractivity contribution in [3.8, 4) is 5.75 Å². The van der Waals surface area contributed by atoms with Gasteiger partial charge in [-0.05, 0) is 48.9 Å². The highest BCUT2D eigenvalue weighted by Crippen LogP contribution is 2.30. The van der Waals surface area contributed by atoms with Gasteiger partial charge in [0, 0.05) is 12.1 Å². The summed E-state index contributed by atoms with van der Waals surface area (Å²) in [7, 11) is 0. The normalized spacial score (nSPS) is 20.4. The minimum atomic E-state index is 0.0265. The van der Waals surface area contributed by atoms with Crippen molar-refractivity contribution in [3.63, 3.8) is 0 Å². The Labute approximate surface area is 140 Å². The van der Waals surface area contributed by atoms with E-state index in [4.69, 9.17) is 4.74 Å². The maximum Gasteiger partial charge on any atom is 0.251 e. The van der Waals surface area contributed by atoms with E-state index in [9.17, 15) is 4.79 Å². The van der Waals surface area contributed by atoms with E-state index in [2.05, 4.69) is 19.2 Å². The lowest BCUT2D eigenvalue weighted by Crippen LogP contribution is -2.30. The SMILES string of the molecule is CCCCCCOc1ccc(C(=O)NCC2CCCC2C)cc1. The molecule has 0 saturated heterocycles. The fourth-order valence-electron chi connectivity index (χ4n) is 3.27. The molecule has 1 N–H and O–H groups in total. The number of unbranched alkanes of at least 4 members (excludes halogenated alkanes) is 3. The van der Waals surface area contributed by atoms with Crippen LogP contribution in [-0.2, 0) is 0 Å². The van der Waals surface area contributed by atoms with Gasteiger partial charge in [0.2, 0.25) is 0 Å². The summed E-state index contributed by atoms with van der Waals surface area (Å²) in [6.45, 7) is 6.05. The molecule has 0 heterocycles. The maximum absolute atomic E-state index is 12.2. The molecule has 128 valence electrons. The van der Waals surface area contributed by atoms with E-state index in [1.54, 1.807) is 0 Å². The van der Waals surface area contributed by atoms with Gasteiger partial charge in [-0.25, -0.2) is 0 Å². The van der Waals surface area contributed by atoms with Gasteiger partial charge < -0.3 is 10.1 Å². The second-order valence-electron chi connectivity index (χ2n) is 6.81. The highest BCUT2D eigenvalue weighted by molar-refractivity contribution is 5.94. The van der Waals surface area contributed by atoms with E-state index in [0.717, 1.165) is 31.2 Å². The molecule has 1 aromatic carbocycles. The number of carbonyl (C=O) groups is 1. The van der Waals surface area contributed by atoms with Crippen LogP contribution in [0.25, 0.3) is 0 Å². The van der Waals surface area contributed by atoms with Gasteiger partial charge >= 0.3 is 0 Å². The molecule has 0 spiro atoms. The summed E-state index contributed by atoms with van der Waals surface area (Å²) < 4.78 is 5.71. The van der Waals surface area contributed by atoms with Gasteiger partial charge in [-0.3, -0.25) is 4.79 Å². The number of carbonyl (C=O) groups excluding carboxylic acids is 1. The standard InChI is InChI=1S/C20H31NO2/c1-3-4-5-6-14-23-19-12-10-17(11-13-19)20(22)21-15-18-9-7-8-16(18)2/h10-13,16,18H,3-9,14-15H2,1-2H3,(H,21,22). The summed E-state index contributed by atoms with van der Waals surface area (Å²) in [4.78, 5) is 12.2. The summed E-state index contributed by atoms with van der Waals surface area (Å²) in [5.74, 6) is 2.25. The molecule has 3 nitrogen and oxygen atoms in total. The Hall–Kier alpha value is -1.51. The second kappa shape index (κ2) is 9.59. The number of benzene rings is 1. The molecule has 2 rings (SSSR count). The highest BCUT2D eigenvalue weighted by atomic mass is 16.5. The lowest BCUT2D eigenvalue weighted by Gasteiger charge is -2.16. The Morgan fingerprint density at radius 2 is 1.96 bits per heavy atom. The number of hydrogen-bond donors (Lipinski definition) is 1. The van der Waals surface area contributed by atoms with Gasteiger partial charge in [-0.1, -0.05) is 46.0 Å². The molecule has 23 heavy (non-hydrogen) atoms. The van der Waals surface area contributed by atoms with E-state index in [1.807, 2.05) is 24.3 Å². The zero-order valence-corrected chi connectivity index (χ0v) is 14.6. The first-order valence-electron chi connectivity index (χ1n) is 9.21. The maximum atomic E-state index is 12.2. The van der Waals surface area contributed by atoms with Crippen molar-refractivity contribution in [1.29, 1.82) is 0 Å². The van der Waals surface area contributed by atoms with E-state index in [1.165, 1.54) is 38.5 Å². The van der Waals surface area contributed by atoms with Crippen LogP contribution in [0.4, 0.5) is 0 Å². The van der Waals surface area contributed by atoms with Crippen LogP contribution < -0.4 is 10.1 Å². The van der Waals surface area contributed by atoms with Gasteiger partial charge in [0.15, 0.2) is 0 Å². The zero-order chi connectivity index (χ0) is 16.5. The first kappa shape index (κ1) is 17.8. The van der Waals surface area contributed by atoms with Crippen LogP contribution in [0.3, 0.4) is 0 Å². The lowest BCUT2D eigenvalue weighted by molar-refractivity contribution is 0.0944. The monoisotopic (exact) mass is 317 g/mol. The van der Waals surface area contributed by atoms with Crippen molar-refractivity contribution in [2.75, 3.05) is 13.2 Å². The minimum Gasteiger partial charge on any atom is -0.494 e. The van der Waals surface area contributed by atoms with Crippen molar-refractivity contribution in [2.24, 2.45) is 11.8 Å². The molecule has 1 amide bonds. The van der Waals surface area contributed by atoms with Crippen LogP contribution in [0.15, 0.2) is 24.3 Å². The summed E-state index contributed by atoms with van der Waals surface area (Å²) >= 11 is 0. The molecule has 1 aromatic rings. The Kier molecular flexibility index (Phi) is 7.44. The largest absolute Gasteiger partial charge is 0.494 e. The van der Waals surface area contributed by atoms with E-state index < -0.39 is 0 Å². The van der Waals surface area contributed by atoms with E-state index in [-0.39, 0.29) is 5.91 Å². The molecule has 2 atom stereocenters. The fourth-order valence-corrected chi connectivity index (χ4v) is 3.27. The van der Waals surface area contributed by atoms with Gasteiger partial charge in [-0.15, -0.1) is 0 Å². The van der Waals surface area contributed by atoms with Crippen LogP contribution in [0, 0.1) is 11.8 Å². The lowest BCUT2D eigenvalue weighted by atomic mass is 9.98. The van der Waals surface area contributed by atoms with Gasteiger partial charge in [0.25, 0.3) is 5.91 Å². The number of amides is 1. The molecule has 0 aliphatic heterocycles. The van der Waals surface area contributed by atoms with Gasteiger partial charge in [0.1, 0.15) is 5.75 Å². The quantitative estimate of drug-likeness (QED) is 0.664. The molecule has 0 bridgehead atoms. The Balaban J connectivity index is 1.71. The third kappa shape index (κ3) is 5.89. The predicted molar refractivity (Wildman–Crippen MR) is 94.9 cm³/mol. The average molecular weight is 317 g/mol. The third-order valence-electron chi connectivity index (χ3n) is 4.95. The van der Waals surface area contributed by atoms with Crippen LogP contribution in [0.5, 0.6) is 5.75 Å². The van der Waals surface area contributed by atoms with Crippen molar-refractivity contribution < 1.29 is 9.53 Å². The molecule has 0 radical (unpaired) electrons. The first-order chi connectivity index (χ1) is 11.2. The molecule has 1 aliphatic rings. The third-order valence-corrected chi connectivity index (χ3v) is 4.95. The molecule has 0 aromatic heterocycles. The Morgan fingerprint density at radius 3 is 2.61 bits per heavy atom. The fraction of sp³-hybridized carbons (Fsp3) is 0.650. The molecule has 1 saturated carbocycles. The van der Waals surface area contributed by atoms with Crippen LogP contribution in [-0.4, -0.2) is 19.1 Å². The van der Waals surface area contributed by atoms with Crippen molar-refractivity contribution in [3.05, 3.63) is 29.8 Å². The smallest absolute Gasteiger partial charge is 0.251 e. The average Bonchev–Trinajstić information content (AvgIpc) is 2.98. The molecule has 2 unspecified atom stereocenters. The topological polar surface area (TPSA) is 38.3 Å². The van der Waals surface area contributed by atoms with E-state index >= 15 is 0 Å². The number of ether oxygens (including phenoxy) is 1. The molecular weight excluding hydrogens is 286 g/mol. The number of rotatable bonds is 9. The van der Waals surface area contributed by atoms with Gasteiger partial charge in [-0.2, -0.15) is 0 Å². The van der Waals surface area contributed by atoms with E-state index in [0.29, 0.717) is 11.5 Å². The highest BCUT2D eigenvalue weighted by Gasteiger charge is 2.23. The summed E-state index contributed by atoms with van der Waals surface area (Å²) in [5.41, 5.74) is 0.717. The van der Waals surface area contributed by atoms with Crippen LogP contribution in [0.1, 0.15) is 69.2 Å². The van der Waals surface area contributed by atoms with Crippen LogP contribution >= 0.6 is 0 Å². The van der Waals surface area contributed by atoms with Crippen molar-refractivity contribution >= 4 is 5.91 Å². The number of hydrogen-bond acceptors (Lipinski definition) is 2. The van der Waals surface area contributed by atoms with Crippen LogP contribution in [0.2, 0.25) is 0 Å². The first-order valence-corrected chi connectivity index (χ1v) is 9.21. The molecule has 3 heteroatoms. The summed E-state index contributed by atoms with van der Waals surface area (Å²) in [5, 5.41) is 3.08. The second-order valence-corrected chi connectivity index (χ2v) is 6.81. The number of nitrogens with one attached hydrogen (secondary N) is 1. The summed E-state index contributed by atoms with van der Waals surface area (Å²) in [6, 6.07) is 7.50. The minimum absolute atomic E-state index is 0.0265. The molecular formula is C20H31NO2. The van der Waals surface area contributed by atoms with Crippen molar-refractivity contribution in [1.82, 2.24) is 5.32 Å². The van der Waals surface area contributed by atoms with Gasteiger partial charge in [0.05, 0.1) is 6.61 Å². The Bertz CT molecular complexity index is 469. The summed E-state index contributed by atoms with van der Waals surface area (Å²) in [6.07, 6.45) is 8.65. The Morgan fingerprint density at radius 1 is 1.17 bits per heavy atom. The molecule has 1 aliphatic carbocycles. The molecule has 1 fully saturated rings.